The minimum atomic E-state index is -0.849. The molecule has 0 aliphatic carbocycles. The van der Waals surface area contributed by atoms with Crippen LogP contribution >= 0.6 is 0 Å². The van der Waals surface area contributed by atoms with Gasteiger partial charge in [-0.3, -0.25) is 0 Å². The highest BCUT2D eigenvalue weighted by Crippen LogP contribution is 2.10. The molecule has 12 heavy (non-hydrogen) atoms. The van der Waals surface area contributed by atoms with Crippen LogP contribution in [0.15, 0.2) is 24.3 Å². The van der Waals surface area contributed by atoms with Crippen LogP contribution in [-0.4, -0.2) is 26.1 Å². The fourth-order valence-electron chi connectivity index (χ4n) is 0.797. The summed E-state index contributed by atoms with van der Waals surface area (Å²) in [6.07, 6.45) is -0.849. The Labute approximate surface area is 68.7 Å². The molecule has 0 heterocycles. The van der Waals surface area contributed by atoms with E-state index >= 15 is 0 Å². The molecule has 0 saturated carbocycles. The van der Waals surface area contributed by atoms with Gasteiger partial charge in [-0.1, -0.05) is 6.07 Å². The highest BCUT2D eigenvalue weighted by atomic mass is 16.5. The predicted molar refractivity (Wildman–Crippen MR) is 41.3 cm³/mol. The molecule has 0 unspecified atom stereocenters. The molecule has 0 atom stereocenters. The fraction of sp³-hybridized carbons (Fsp3) is 0. The number of benzene rings is 1. The number of aliphatic hydroxyl groups excluding tert-OH is 2. The number of hydrogen-bond donors (Lipinski definition) is 3. The first-order chi connectivity index (χ1) is 5.61. The van der Waals surface area contributed by atoms with Crippen LogP contribution in [0.1, 0.15) is 11.1 Å². The summed E-state index contributed by atoms with van der Waals surface area (Å²) in [4.78, 5) is 8.63. The molecule has 1 aromatic carbocycles. The van der Waals surface area contributed by atoms with Crippen LogP contribution in [0, 0.1) is 6.29 Å². The van der Waals surface area contributed by atoms with Crippen LogP contribution in [0.25, 0.3) is 0 Å². The van der Waals surface area contributed by atoms with Gasteiger partial charge in [-0.25, -0.2) is 0 Å². The van der Waals surface area contributed by atoms with Gasteiger partial charge >= 0.3 is 5.97 Å². The van der Waals surface area contributed by atoms with Crippen molar-refractivity contribution in [1.82, 2.24) is 0 Å². The second-order valence-corrected chi connectivity index (χ2v) is 2.23. The summed E-state index contributed by atoms with van der Waals surface area (Å²) in [5.41, 5.74) is 0.265. The smallest absolute Gasteiger partial charge is 0.401 e. The standard InChI is InChI=1S/C8H7O4/c9-7(10)5-2-1-3-6(4-5)8(11)12/h1-4,9-10H,(H,11,12)/q-1/p+1. The minimum absolute atomic E-state index is 0.133. The van der Waals surface area contributed by atoms with Crippen molar-refractivity contribution in [3.8, 4) is 0 Å². The summed E-state index contributed by atoms with van der Waals surface area (Å²) in [5, 5.41) is 25.9. The first-order valence-corrected chi connectivity index (χ1v) is 3.22. The number of carboxylic acid groups (broad SMARTS) is 1. The molecule has 0 aromatic heterocycles. The lowest BCUT2D eigenvalue weighted by Gasteiger charge is -2.11. The summed E-state index contributed by atoms with van der Waals surface area (Å²) < 4.78 is 0. The van der Waals surface area contributed by atoms with Crippen molar-refractivity contribution in [2.45, 2.75) is 0 Å². The monoisotopic (exact) mass is 168 g/mol. The number of aromatic carboxylic acids is 1. The second kappa shape index (κ2) is 3.25. The van der Waals surface area contributed by atoms with Gasteiger partial charge in [0.25, 0.3) is 0 Å². The van der Waals surface area contributed by atoms with Crippen molar-refractivity contribution in [2.24, 2.45) is 0 Å². The molecule has 0 fully saturated rings. The highest BCUT2D eigenvalue weighted by molar-refractivity contribution is 5.88. The summed E-state index contributed by atoms with van der Waals surface area (Å²) in [7, 11) is 0. The van der Waals surface area contributed by atoms with Crippen molar-refractivity contribution in [2.75, 3.05) is 0 Å². The van der Waals surface area contributed by atoms with Crippen LogP contribution in [0.2, 0.25) is 0 Å². The molecule has 1 rings (SSSR count). The van der Waals surface area contributed by atoms with E-state index in [1.54, 1.807) is 0 Å². The van der Waals surface area contributed by atoms with E-state index in [2.05, 4.69) is 0 Å². The van der Waals surface area contributed by atoms with E-state index in [1.165, 1.54) is 24.3 Å². The van der Waals surface area contributed by atoms with E-state index in [-0.39, 0.29) is 11.1 Å². The maximum atomic E-state index is 8.63. The number of rotatable bonds is 2. The van der Waals surface area contributed by atoms with Gasteiger partial charge in [0.2, 0.25) is 0 Å². The molecule has 0 bridgehead atoms. The van der Waals surface area contributed by atoms with Crippen molar-refractivity contribution in [3.05, 3.63) is 41.7 Å². The van der Waals surface area contributed by atoms with E-state index in [1.807, 2.05) is 0 Å². The van der Waals surface area contributed by atoms with E-state index in [4.69, 9.17) is 20.1 Å². The molecule has 0 amide bonds. The van der Waals surface area contributed by atoms with Gasteiger partial charge in [0.15, 0.2) is 0 Å². The maximum absolute atomic E-state index is 8.63. The van der Waals surface area contributed by atoms with Crippen LogP contribution < -0.4 is 0 Å². The quantitative estimate of drug-likeness (QED) is 0.448. The molecule has 0 aliphatic rings. The largest absolute Gasteiger partial charge is 0.502 e. The topological polar surface area (TPSA) is 82.1 Å². The third kappa shape index (κ3) is 1.75. The summed E-state index contributed by atoms with van der Waals surface area (Å²) in [6.45, 7) is 0. The Bertz CT molecular complexity index is 293. The Morgan fingerprint density at radius 3 is 2.50 bits per heavy atom. The van der Waals surface area contributed by atoms with Crippen LogP contribution in [0.5, 0.6) is 0 Å². The molecule has 4 nitrogen and oxygen atoms in total. The number of aliphatic hydroxyl groups is 2. The molecule has 0 saturated heterocycles. The van der Waals surface area contributed by atoms with Crippen molar-refractivity contribution in [1.29, 1.82) is 0 Å². The first kappa shape index (κ1) is 8.58. The Balaban J connectivity index is 3.04. The summed E-state index contributed by atoms with van der Waals surface area (Å²) >= 11 is 0. The Hall–Kier alpha value is -1.52. The number of carboxylic acids is 1. The van der Waals surface area contributed by atoms with Gasteiger partial charge in [-0.05, 0) is 0 Å². The zero-order chi connectivity index (χ0) is 9.14. The van der Waals surface area contributed by atoms with Gasteiger partial charge in [0, 0.05) is 0 Å². The van der Waals surface area contributed by atoms with Gasteiger partial charge in [0.05, 0.1) is 11.9 Å². The SMILES string of the molecule is OC(=[OH+])c1cccc([C-](O)O)c1. The molecule has 0 aliphatic heterocycles. The van der Waals surface area contributed by atoms with Crippen molar-refractivity contribution >= 4 is 5.97 Å². The normalized spacial score (nSPS) is 9.50. The van der Waals surface area contributed by atoms with Crippen LogP contribution in [0.4, 0.5) is 0 Å². The van der Waals surface area contributed by atoms with Crippen LogP contribution in [0.3, 0.4) is 0 Å². The molecule has 64 valence electrons. The van der Waals surface area contributed by atoms with Gasteiger partial charge in [0.1, 0.15) is 0 Å². The van der Waals surface area contributed by atoms with Crippen molar-refractivity contribution < 1.29 is 20.1 Å². The van der Waals surface area contributed by atoms with Gasteiger partial charge in [-0.2, -0.15) is 6.07 Å². The third-order valence-electron chi connectivity index (χ3n) is 1.38. The number of hydrogen-bond acceptors (Lipinski definition) is 2. The van der Waals surface area contributed by atoms with Gasteiger partial charge < -0.3 is 20.1 Å². The van der Waals surface area contributed by atoms with Crippen molar-refractivity contribution in [3.63, 3.8) is 0 Å². The average molecular weight is 168 g/mol. The molecule has 4 N–H and O–H groups in total. The molecule has 0 spiro atoms. The van der Waals surface area contributed by atoms with E-state index in [0.29, 0.717) is 0 Å². The molecule has 4 heteroatoms. The third-order valence-corrected chi connectivity index (χ3v) is 1.38. The summed E-state index contributed by atoms with van der Waals surface area (Å²) in [6, 6.07) is 5.58. The predicted octanol–water partition coefficient (Wildman–Crippen LogP) is 0.678. The average Bonchev–Trinajstić information content (AvgIpc) is 2.04. The Morgan fingerprint density at radius 1 is 1.33 bits per heavy atom. The Morgan fingerprint density at radius 2 is 2.00 bits per heavy atom. The van der Waals surface area contributed by atoms with E-state index in [0.717, 1.165) is 0 Å². The lowest BCUT2D eigenvalue weighted by Crippen LogP contribution is -2.01. The van der Waals surface area contributed by atoms with E-state index < -0.39 is 12.3 Å². The summed E-state index contributed by atoms with van der Waals surface area (Å²) in [5.74, 6) is -0.849. The zero-order valence-corrected chi connectivity index (χ0v) is 6.10. The Kier molecular flexibility index (Phi) is 2.32. The fourth-order valence-corrected chi connectivity index (χ4v) is 0.797. The minimum Gasteiger partial charge on any atom is -0.401 e. The maximum Gasteiger partial charge on any atom is 0.502 e. The molecular weight excluding hydrogens is 160 g/mol. The van der Waals surface area contributed by atoms with E-state index in [9.17, 15) is 0 Å². The van der Waals surface area contributed by atoms with Gasteiger partial charge in [-0.15, -0.1) is 17.7 Å². The second-order valence-electron chi connectivity index (χ2n) is 2.23. The zero-order valence-electron chi connectivity index (χ0n) is 6.10. The highest BCUT2D eigenvalue weighted by Gasteiger charge is 2.05. The molecule has 0 radical (unpaired) electrons. The first-order valence-electron chi connectivity index (χ1n) is 3.22. The lowest BCUT2D eigenvalue weighted by atomic mass is 10.1. The molecular formula is C8H8O4. The molecule has 1 aromatic rings. The lowest BCUT2D eigenvalue weighted by molar-refractivity contribution is 0.110. The van der Waals surface area contributed by atoms with Crippen LogP contribution in [-0.2, 0) is 0 Å².